The molecule has 2 saturated carbocycles. The number of amides is 1. The quantitative estimate of drug-likeness (QED) is 0.770. The molecular formula is C14H25NO2. The van der Waals surface area contributed by atoms with Gasteiger partial charge in [-0.3, -0.25) is 4.79 Å². The number of nitrogens with one attached hydrogen (secondary N) is 1. The van der Waals surface area contributed by atoms with Crippen molar-refractivity contribution in [3.63, 3.8) is 0 Å². The van der Waals surface area contributed by atoms with E-state index in [1.807, 2.05) is 0 Å². The highest BCUT2D eigenvalue weighted by molar-refractivity contribution is 5.79. The molecule has 2 N–H and O–H groups in total. The molecule has 3 nitrogen and oxygen atoms in total. The van der Waals surface area contributed by atoms with Gasteiger partial charge in [0.1, 0.15) is 0 Å². The van der Waals surface area contributed by atoms with Crippen LogP contribution in [-0.2, 0) is 4.79 Å². The molecule has 17 heavy (non-hydrogen) atoms. The molecule has 1 amide bonds. The van der Waals surface area contributed by atoms with Crippen molar-refractivity contribution in [2.24, 2.45) is 23.7 Å². The lowest BCUT2D eigenvalue weighted by Crippen LogP contribution is -2.43. The lowest BCUT2D eigenvalue weighted by molar-refractivity contribution is -0.127. The van der Waals surface area contributed by atoms with Gasteiger partial charge in [-0.15, -0.1) is 0 Å². The van der Waals surface area contributed by atoms with E-state index in [0.29, 0.717) is 18.3 Å². The van der Waals surface area contributed by atoms with E-state index < -0.39 is 0 Å². The Kier molecular flexibility index (Phi) is 4.08. The lowest BCUT2D eigenvalue weighted by Gasteiger charge is -2.26. The van der Waals surface area contributed by atoms with Crippen LogP contribution in [0.3, 0.4) is 0 Å². The van der Waals surface area contributed by atoms with Gasteiger partial charge in [0, 0.05) is 18.6 Å². The van der Waals surface area contributed by atoms with E-state index in [0.717, 1.165) is 12.3 Å². The molecule has 2 aliphatic rings. The Morgan fingerprint density at radius 1 is 1.35 bits per heavy atom. The van der Waals surface area contributed by atoms with Gasteiger partial charge < -0.3 is 10.4 Å². The van der Waals surface area contributed by atoms with Crippen LogP contribution in [0.25, 0.3) is 0 Å². The molecule has 0 aromatic carbocycles. The van der Waals surface area contributed by atoms with Crippen LogP contribution >= 0.6 is 0 Å². The van der Waals surface area contributed by atoms with Crippen LogP contribution < -0.4 is 5.32 Å². The largest absolute Gasteiger partial charge is 0.396 e. The summed E-state index contributed by atoms with van der Waals surface area (Å²) < 4.78 is 0. The normalized spacial score (nSPS) is 33.1. The van der Waals surface area contributed by atoms with Gasteiger partial charge in [0.2, 0.25) is 5.91 Å². The molecule has 0 radical (unpaired) electrons. The van der Waals surface area contributed by atoms with Gasteiger partial charge >= 0.3 is 0 Å². The summed E-state index contributed by atoms with van der Waals surface area (Å²) in [7, 11) is 0. The van der Waals surface area contributed by atoms with Crippen LogP contribution in [0, 0.1) is 23.7 Å². The number of aliphatic hydroxyl groups excluding tert-OH is 1. The highest BCUT2D eigenvalue weighted by Crippen LogP contribution is 2.48. The zero-order chi connectivity index (χ0) is 12.4. The predicted molar refractivity (Wildman–Crippen MR) is 67.4 cm³/mol. The number of hydrogen-bond donors (Lipinski definition) is 2. The minimum atomic E-state index is 0.131. The second-order valence-corrected chi connectivity index (χ2v) is 6.15. The first-order valence-corrected chi connectivity index (χ1v) is 7.03. The highest BCUT2D eigenvalue weighted by atomic mass is 16.3. The number of aliphatic hydroxyl groups is 1. The van der Waals surface area contributed by atoms with Crippen molar-refractivity contribution in [3.05, 3.63) is 0 Å². The number of carbonyl (C=O) groups excluding carboxylic acids is 1. The van der Waals surface area contributed by atoms with Crippen molar-refractivity contribution in [1.29, 1.82) is 0 Å². The summed E-state index contributed by atoms with van der Waals surface area (Å²) in [5.74, 6) is 2.34. The topological polar surface area (TPSA) is 49.3 Å². The molecule has 4 atom stereocenters. The standard InChI is InChI=1S/C14H25NO2/c1-9(2)13(5-6-16)15-14(17)12-8-10-3-4-11(12)7-10/h9-13,16H,3-8H2,1-2H3,(H,15,17). The van der Waals surface area contributed by atoms with Crippen molar-refractivity contribution in [2.45, 2.75) is 52.0 Å². The first-order chi connectivity index (χ1) is 8.11. The van der Waals surface area contributed by atoms with Gasteiger partial charge in [0.05, 0.1) is 0 Å². The Labute approximate surface area is 104 Å². The van der Waals surface area contributed by atoms with Crippen LogP contribution in [-0.4, -0.2) is 23.7 Å². The fraction of sp³-hybridized carbons (Fsp3) is 0.929. The molecule has 98 valence electrons. The molecule has 0 saturated heterocycles. The molecule has 2 fully saturated rings. The number of rotatable bonds is 5. The zero-order valence-electron chi connectivity index (χ0n) is 11.0. The van der Waals surface area contributed by atoms with Crippen molar-refractivity contribution in [1.82, 2.24) is 5.32 Å². The SMILES string of the molecule is CC(C)C(CCO)NC(=O)C1CC2CCC1C2. The molecular weight excluding hydrogens is 214 g/mol. The van der Waals surface area contributed by atoms with Crippen LogP contribution in [0.5, 0.6) is 0 Å². The van der Waals surface area contributed by atoms with Gasteiger partial charge in [0.15, 0.2) is 0 Å². The lowest BCUT2D eigenvalue weighted by atomic mass is 9.87. The summed E-state index contributed by atoms with van der Waals surface area (Å²) in [5.41, 5.74) is 0. The fourth-order valence-electron chi connectivity index (χ4n) is 3.57. The third-order valence-electron chi connectivity index (χ3n) is 4.65. The average Bonchev–Trinajstić information content (AvgIpc) is 2.89. The summed E-state index contributed by atoms with van der Waals surface area (Å²) >= 11 is 0. The van der Waals surface area contributed by atoms with Gasteiger partial charge in [-0.25, -0.2) is 0 Å². The summed E-state index contributed by atoms with van der Waals surface area (Å²) in [6, 6.07) is 0.131. The maximum absolute atomic E-state index is 12.2. The molecule has 0 heterocycles. The first-order valence-electron chi connectivity index (χ1n) is 7.03. The Morgan fingerprint density at radius 2 is 2.12 bits per heavy atom. The van der Waals surface area contributed by atoms with Gasteiger partial charge in [0.25, 0.3) is 0 Å². The second-order valence-electron chi connectivity index (χ2n) is 6.15. The van der Waals surface area contributed by atoms with E-state index in [1.165, 1.54) is 19.3 Å². The smallest absolute Gasteiger partial charge is 0.223 e. The third kappa shape index (κ3) is 2.82. The van der Waals surface area contributed by atoms with Crippen LogP contribution in [0.4, 0.5) is 0 Å². The van der Waals surface area contributed by atoms with Crippen LogP contribution in [0.2, 0.25) is 0 Å². The van der Waals surface area contributed by atoms with Gasteiger partial charge in [-0.2, -0.15) is 0 Å². The van der Waals surface area contributed by atoms with E-state index >= 15 is 0 Å². The average molecular weight is 239 g/mol. The molecule has 0 aromatic rings. The molecule has 0 aromatic heterocycles. The Balaban J connectivity index is 1.87. The van der Waals surface area contributed by atoms with E-state index in [4.69, 9.17) is 5.11 Å². The van der Waals surface area contributed by atoms with E-state index in [9.17, 15) is 4.79 Å². The molecule has 2 bridgehead atoms. The van der Waals surface area contributed by atoms with E-state index in [2.05, 4.69) is 19.2 Å². The van der Waals surface area contributed by atoms with Crippen molar-refractivity contribution in [2.75, 3.05) is 6.61 Å². The molecule has 3 heteroatoms. The van der Waals surface area contributed by atoms with E-state index in [-0.39, 0.29) is 24.5 Å². The number of fused-ring (bicyclic) bond motifs is 2. The molecule has 2 rings (SSSR count). The fourth-order valence-corrected chi connectivity index (χ4v) is 3.57. The highest BCUT2D eigenvalue weighted by Gasteiger charge is 2.43. The van der Waals surface area contributed by atoms with Gasteiger partial charge in [-0.05, 0) is 43.4 Å². The minimum absolute atomic E-state index is 0.131. The van der Waals surface area contributed by atoms with Crippen molar-refractivity contribution < 1.29 is 9.90 Å². The molecule has 4 unspecified atom stereocenters. The minimum Gasteiger partial charge on any atom is -0.396 e. The monoisotopic (exact) mass is 239 g/mol. The molecule has 0 aliphatic heterocycles. The molecule has 2 aliphatic carbocycles. The third-order valence-corrected chi connectivity index (χ3v) is 4.65. The van der Waals surface area contributed by atoms with Crippen molar-refractivity contribution >= 4 is 5.91 Å². The summed E-state index contributed by atoms with van der Waals surface area (Å²) in [6.45, 7) is 4.35. The second kappa shape index (κ2) is 5.38. The predicted octanol–water partition coefficient (Wildman–Crippen LogP) is 1.95. The van der Waals surface area contributed by atoms with E-state index in [1.54, 1.807) is 0 Å². The zero-order valence-corrected chi connectivity index (χ0v) is 11.0. The number of carbonyl (C=O) groups is 1. The molecule has 0 spiro atoms. The maximum atomic E-state index is 12.2. The van der Waals surface area contributed by atoms with Crippen LogP contribution in [0.1, 0.15) is 46.0 Å². The van der Waals surface area contributed by atoms with Crippen LogP contribution in [0.15, 0.2) is 0 Å². The first kappa shape index (κ1) is 12.9. The summed E-state index contributed by atoms with van der Waals surface area (Å²) in [5, 5.41) is 12.2. The van der Waals surface area contributed by atoms with Crippen molar-refractivity contribution in [3.8, 4) is 0 Å². The maximum Gasteiger partial charge on any atom is 0.223 e. The number of hydrogen-bond acceptors (Lipinski definition) is 2. The van der Waals surface area contributed by atoms with Gasteiger partial charge in [-0.1, -0.05) is 20.3 Å². The Bertz CT molecular complexity index is 277. The summed E-state index contributed by atoms with van der Waals surface area (Å²) in [4.78, 5) is 12.2. The Morgan fingerprint density at radius 3 is 2.59 bits per heavy atom. The summed E-state index contributed by atoms with van der Waals surface area (Å²) in [6.07, 6.45) is 5.61. The Hall–Kier alpha value is -0.570.